The second-order valence-corrected chi connectivity index (χ2v) is 6.01. The molecule has 1 atom stereocenters. The van der Waals surface area contributed by atoms with E-state index in [0.717, 1.165) is 6.42 Å². The third-order valence-corrected chi connectivity index (χ3v) is 4.23. The molecule has 3 amide bonds. The highest BCUT2D eigenvalue weighted by Gasteiger charge is 2.34. The van der Waals surface area contributed by atoms with E-state index >= 15 is 0 Å². The predicted octanol–water partition coefficient (Wildman–Crippen LogP) is 3.47. The van der Waals surface area contributed by atoms with Crippen molar-refractivity contribution in [2.75, 3.05) is 24.3 Å². The number of nitrogens with one attached hydrogen (secondary N) is 2. The maximum absolute atomic E-state index is 13.3. The molecule has 1 fully saturated rings. The van der Waals surface area contributed by atoms with Crippen LogP contribution in [0, 0.1) is 5.82 Å². The zero-order valence-corrected chi connectivity index (χ0v) is 14.4. The molecule has 1 heterocycles. The minimum Gasteiger partial charge on any atom is -0.497 e. The van der Waals surface area contributed by atoms with Crippen LogP contribution in [0.3, 0.4) is 0 Å². The van der Waals surface area contributed by atoms with E-state index in [9.17, 15) is 14.0 Å². The Kier molecular flexibility index (Phi) is 5.36. The van der Waals surface area contributed by atoms with Gasteiger partial charge in [-0.1, -0.05) is 12.1 Å². The Morgan fingerprint density at radius 1 is 1.12 bits per heavy atom. The summed E-state index contributed by atoms with van der Waals surface area (Å²) in [5, 5.41) is 5.45. The number of urea groups is 1. The molecule has 0 radical (unpaired) electrons. The Balaban J connectivity index is 1.66. The summed E-state index contributed by atoms with van der Waals surface area (Å²) in [6.45, 7) is 0.470. The van der Waals surface area contributed by atoms with Gasteiger partial charge in [-0.3, -0.25) is 4.79 Å². The maximum Gasteiger partial charge on any atom is 0.322 e. The average Bonchev–Trinajstić information content (AvgIpc) is 3.12. The van der Waals surface area contributed by atoms with Gasteiger partial charge < -0.3 is 20.3 Å². The van der Waals surface area contributed by atoms with Gasteiger partial charge in [-0.05, 0) is 43.2 Å². The average molecular weight is 357 g/mol. The van der Waals surface area contributed by atoms with Crippen LogP contribution in [0.2, 0.25) is 0 Å². The topological polar surface area (TPSA) is 70.7 Å². The van der Waals surface area contributed by atoms with Crippen molar-refractivity contribution >= 4 is 23.3 Å². The summed E-state index contributed by atoms with van der Waals surface area (Å²) in [5.74, 6) is -0.0587. The number of halogens is 1. The minimum absolute atomic E-state index is 0.259. The molecule has 3 rings (SSSR count). The highest BCUT2D eigenvalue weighted by molar-refractivity contribution is 5.99. The molecule has 7 heteroatoms. The van der Waals surface area contributed by atoms with E-state index < -0.39 is 17.9 Å². The molecule has 0 unspecified atom stereocenters. The van der Waals surface area contributed by atoms with Crippen LogP contribution >= 0.6 is 0 Å². The van der Waals surface area contributed by atoms with E-state index in [2.05, 4.69) is 10.6 Å². The van der Waals surface area contributed by atoms with Crippen molar-refractivity contribution in [1.82, 2.24) is 4.90 Å². The first-order valence-electron chi connectivity index (χ1n) is 8.35. The van der Waals surface area contributed by atoms with Crippen LogP contribution in [0.1, 0.15) is 12.8 Å². The molecule has 6 nitrogen and oxygen atoms in total. The number of likely N-dealkylation sites (tertiary alicyclic amines) is 1. The zero-order chi connectivity index (χ0) is 18.5. The normalized spacial score (nSPS) is 16.2. The second-order valence-electron chi connectivity index (χ2n) is 6.01. The Morgan fingerprint density at radius 3 is 2.58 bits per heavy atom. The molecule has 1 aliphatic rings. The zero-order valence-electron chi connectivity index (χ0n) is 14.4. The molecule has 136 valence electrons. The fraction of sp³-hybridized carbons (Fsp3) is 0.263. The van der Waals surface area contributed by atoms with E-state index in [0.29, 0.717) is 30.1 Å². The van der Waals surface area contributed by atoms with E-state index in [-0.39, 0.29) is 5.91 Å². The number of benzene rings is 2. The fourth-order valence-corrected chi connectivity index (χ4v) is 2.97. The van der Waals surface area contributed by atoms with Crippen molar-refractivity contribution in [3.63, 3.8) is 0 Å². The molecule has 1 aliphatic heterocycles. The maximum atomic E-state index is 13.3. The highest BCUT2D eigenvalue weighted by Crippen LogP contribution is 2.22. The van der Waals surface area contributed by atoms with Gasteiger partial charge in [0.25, 0.3) is 0 Å². The Bertz CT molecular complexity index is 812. The van der Waals surface area contributed by atoms with Gasteiger partial charge in [-0.25, -0.2) is 9.18 Å². The quantitative estimate of drug-likeness (QED) is 0.880. The van der Waals surface area contributed by atoms with Crippen molar-refractivity contribution in [2.24, 2.45) is 0 Å². The Hall–Kier alpha value is -3.09. The highest BCUT2D eigenvalue weighted by atomic mass is 19.1. The third kappa shape index (κ3) is 4.11. The molecule has 0 saturated carbocycles. The third-order valence-electron chi connectivity index (χ3n) is 4.23. The lowest BCUT2D eigenvalue weighted by Crippen LogP contribution is -2.45. The van der Waals surface area contributed by atoms with Gasteiger partial charge >= 0.3 is 6.03 Å². The molecular formula is C19H20FN3O3. The molecule has 0 aromatic heterocycles. The monoisotopic (exact) mass is 357 g/mol. The van der Waals surface area contributed by atoms with Crippen molar-refractivity contribution < 1.29 is 18.7 Å². The summed E-state index contributed by atoms with van der Waals surface area (Å²) in [5.41, 5.74) is 0.959. The molecular weight excluding hydrogens is 337 g/mol. The molecule has 26 heavy (non-hydrogen) atoms. The number of hydrogen-bond donors (Lipinski definition) is 2. The summed E-state index contributed by atoms with van der Waals surface area (Å²) in [7, 11) is 1.55. The summed E-state index contributed by atoms with van der Waals surface area (Å²) in [6, 6.07) is 11.7. The molecule has 0 aliphatic carbocycles. The first-order valence-corrected chi connectivity index (χ1v) is 8.35. The number of anilines is 2. The number of nitrogens with zero attached hydrogens (tertiary/aromatic N) is 1. The Labute approximate surface area is 150 Å². The minimum atomic E-state index is -0.574. The van der Waals surface area contributed by atoms with Crippen molar-refractivity contribution in [1.29, 1.82) is 0 Å². The number of carbonyl (C=O) groups excluding carboxylic acids is 2. The van der Waals surface area contributed by atoms with E-state index in [1.165, 1.54) is 23.1 Å². The van der Waals surface area contributed by atoms with E-state index in [4.69, 9.17) is 4.74 Å². The second kappa shape index (κ2) is 7.86. The van der Waals surface area contributed by atoms with Gasteiger partial charge in [0.1, 0.15) is 17.6 Å². The van der Waals surface area contributed by atoms with Gasteiger partial charge in [0, 0.05) is 24.0 Å². The van der Waals surface area contributed by atoms with Gasteiger partial charge in [-0.2, -0.15) is 0 Å². The van der Waals surface area contributed by atoms with Gasteiger partial charge in [0.2, 0.25) is 5.91 Å². The van der Waals surface area contributed by atoms with Crippen LogP contribution in [-0.4, -0.2) is 36.5 Å². The fourth-order valence-electron chi connectivity index (χ4n) is 2.97. The van der Waals surface area contributed by atoms with Crippen LogP contribution < -0.4 is 15.4 Å². The SMILES string of the molecule is COc1cccc(NC(=O)[C@@H]2CCCN2C(=O)Nc2cccc(F)c2)c1. The predicted molar refractivity (Wildman–Crippen MR) is 96.8 cm³/mol. The Morgan fingerprint density at radius 2 is 1.85 bits per heavy atom. The van der Waals surface area contributed by atoms with Crippen LogP contribution in [0.5, 0.6) is 5.75 Å². The summed E-state index contributed by atoms with van der Waals surface area (Å²) >= 11 is 0. The number of rotatable bonds is 4. The molecule has 1 saturated heterocycles. The number of amides is 3. The first-order chi connectivity index (χ1) is 12.6. The number of carbonyl (C=O) groups is 2. The van der Waals surface area contributed by atoms with Crippen molar-refractivity contribution in [3.05, 3.63) is 54.3 Å². The van der Waals surface area contributed by atoms with Crippen LogP contribution in [0.4, 0.5) is 20.6 Å². The van der Waals surface area contributed by atoms with Gasteiger partial charge in [0.05, 0.1) is 7.11 Å². The lowest BCUT2D eigenvalue weighted by atomic mass is 10.2. The number of ether oxygens (including phenoxy) is 1. The van der Waals surface area contributed by atoms with Crippen molar-refractivity contribution in [2.45, 2.75) is 18.9 Å². The largest absolute Gasteiger partial charge is 0.497 e. The first kappa shape index (κ1) is 17.7. The number of methoxy groups -OCH3 is 1. The summed E-state index contributed by atoms with van der Waals surface area (Å²) < 4.78 is 18.4. The van der Waals surface area contributed by atoms with E-state index in [1.807, 2.05) is 0 Å². The smallest absolute Gasteiger partial charge is 0.322 e. The molecule has 2 N–H and O–H groups in total. The van der Waals surface area contributed by atoms with Gasteiger partial charge in [0.15, 0.2) is 0 Å². The molecule has 2 aromatic carbocycles. The molecule has 2 aromatic rings. The van der Waals surface area contributed by atoms with Crippen LogP contribution in [-0.2, 0) is 4.79 Å². The van der Waals surface area contributed by atoms with Crippen LogP contribution in [0.15, 0.2) is 48.5 Å². The number of hydrogen-bond acceptors (Lipinski definition) is 3. The van der Waals surface area contributed by atoms with Crippen molar-refractivity contribution in [3.8, 4) is 5.75 Å². The lowest BCUT2D eigenvalue weighted by molar-refractivity contribution is -0.119. The van der Waals surface area contributed by atoms with Crippen LogP contribution in [0.25, 0.3) is 0 Å². The van der Waals surface area contributed by atoms with E-state index in [1.54, 1.807) is 37.4 Å². The van der Waals surface area contributed by atoms with Gasteiger partial charge in [-0.15, -0.1) is 0 Å². The standard InChI is InChI=1S/C19H20FN3O3/c1-26-16-8-3-7-15(12-16)21-18(24)17-9-4-10-23(17)19(25)22-14-6-2-5-13(20)11-14/h2-3,5-8,11-12,17H,4,9-10H2,1H3,(H,21,24)(H,22,25)/t17-/m0/s1. The molecule has 0 bridgehead atoms. The molecule has 0 spiro atoms. The summed E-state index contributed by atoms with van der Waals surface area (Å²) in [4.78, 5) is 26.6. The summed E-state index contributed by atoms with van der Waals surface area (Å²) in [6.07, 6.45) is 1.30. The lowest BCUT2D eigenvalue weighted by Gasteiger charge is -2.24.